The highest BCUT2D eigenvalue weighted by molar-refractivity contribution is 5.63. The van der Waals surface area contributed by atoms with Gasteiger partial charge in [-0.1, -0.05) is 31.2 Å². The Hall–Kier alpha value is -2.67. The molecule has 1 aliphatic heterocycles. The summed E-state index contributed by atoms with van der Waals surface area (Å²) in [6, 6.07) is 12.6. The highest BCUT2D eigenvalue weighted by atomic mass is 19.2. The third-order valence-corrected chi connectivity index (χ3v) is 4.04. The SMILES string of the molecule is CC1OC(OC(=O)Oc2ccccc2)C[C@@H]1C.COc1cccc(F)c1F. The Labute approximate surface area is 156 Å². The van der Waals surface area contributed by atoms with Crippen LogP contribution in [0.5, 0.6) is 11.5 Å². The van der Waals surface area contributed by atoms with E-state index in [1.54, 1.807) is 24.3 Å². The van der Waals surface area contributed by atoms with Crippen molar-refractivity contribution in [3.05, 3.63) is 60.2 Å². The molecule has 27 heavy (non-hydrogen) atoms. The van der Waals surface area contributed by atoms with E-state index in [2.05, 4.69) is 11.7 Å². The molecule has 1 heterocycles. The van der Waals surface area contributed by atoms with Crippen LogP contribution in [0.25, 0.3) is 0 Å². The van der Waals surface area contributed by atoms with Crippen LogP contribution in [0, 0.1) is 17.6 Å². The Balaban J connectivity index is 0.000000223. The molecule has 0 amide bonds. The summed E-state index contributed by atoms with van der Waals surface area (Å²) < 4.78 is 44.9. The fourth-order valence-corrected chi connectivity index (χ4v) is 2.36. The Morgan fingerprint density at radius 3 is 2.33 bits per heavy atom. The maximum atomic E-state index is 12.5. The lowest BCUT2D eigenvalue weighted by molar-refractivity contribution is -0.102. The van der Waals surface area contributed by atoms with Gasteiger partial charge >= 0.3 is 6.16 Å². The fraction of sp³-hybridized carbons (Fsp3) is 0.350. The number of benzene rings is 2. The zero-order valence-electron chi connectivity index (χ0n) is 15.4. The molecule has 0 aromatic heterocycles. The lowest BCUT2D eigenvalue weighted by Crippen LogP contribution is -2.20. The van der Waals surface area contributed by atoms with Crippen LogP contribution in [0.2, 0.25) is 0 Å². The number of halogens is 2. The Morgan fingerprint density at radius 1 is 1.07 bits per heavy atom. The maximum Gasteiger partial charge on any atom is 0.516 e. The molecule has 1 aliphatic rings. The highest BCUT2D eigenvalue weighted by Gasteiger charge is 2.32. The summed E-state index contributed by atoms with van der Waals surface area (Å²) in [6.45, 7) is 4.03. The summed E-state index contributed by atoms with van der Waals surface area (Å²) in [6.07, 6.45) is -0.381. The molecule has 5 nitrogen and oxygen atoms in total. The molecule has 0 aliphatic carbocycles. The third kappa shape index (κ3) is 6.21. The largest absolute Gasteiger partial charge is 0.516 e. The van der Waals surface area contributed by atoms with Crippen molar-refractivity contribution in [1.29, 1.82) is 0 Å². The first-order chi connectivity index (χ1) is 12.9. The van der Waals surface area contributed by atoms with E-state index < -0.39 is 24.1 Å². The van der Waals surface area contributed by atoms with E-state index in [9.17, 15) is 13.6 Å². The highest BCUT2D eigenvalue weighted by Crippen LogP contribution is 2.26. The lowest BCUT2D eigenvalue weighted by Gasteiger charge is -2.11. The first kappa shape index (κ1) is 20.6. The van der Waals surface area contributed by atoms with Crippen LogP contribution in [0.3, 0.4) is 0 Å². The van der Waals surface area contributed by atoms with E-state index in [4.69, 9.17) is 14.2 Å². The Morgan fingerprint density at radius 2 is 1.78 bits per heavy atom. The van der Waals surface area contributed by atoms with Gasteiger partial charge in [0.15, 0.2) is 11.6 Å². The van der Waals surface area contributed by atoms with E-state index in [0.717, 1.165) is 6.07 Å². The van der Waals surface area contributed by atoms with Crippen LogP contribution < -0.4 is 9.47 Å². The van der Waals surface area contributed by atoms with Crippen LogP contribution in [0.4, 0.5) is 13.6 Å². The summed E-state index contributed by atoms with van der Waals surface area (Å²) in [4.78, 5) is 11.5. The zero-order valence-corrected chi connectivity index (χ0v) is 15.4. The van der Waals surface area contributed by atoms with Crippen LogP contribution in [-0.2, 0) is 9.47 Å². The quantitative estimate of drug-likeness (QED) is 0.557. The molecule has 2 unspecified atom stereocenters. The van der Waals surface area contributed by atoms with Crippen LogP contribution in [-0.4, -0.2) is 25.7 Å². The molecule has 146 valence electrons. The van der Waals surface area contributed by atoms with Crippen molar-refractivity contribution < 1.29 is 32.5 Å². The molecular weight excluding hydrogens is 358 g/mol. The van der Waals surface area contributed by atoms with Gasteiger partial charge in [-0.05, 0) is 37.1 Å². The summed E-state index contributed by atoms with van der Waals surface area (Å²) >= 11 is 0. The molecule has 7 heteroatoms. The second-order valence-corrected chi connectivity index (χ2v) is 6.02. The molecule has 2 aromatic carbocycles. The molecule has 2 aromatic rings. The molecule has 1 fully saturated rings. The number of methoxy groups -OCH3 is 1. The van der Waals surface area contributed by atoms with Crippen molar-refractivity contribution in [2.24, 2.45) is 5.92 Å². The van der Waals surface area contributed by atoms with E-state index >= 15 is 0 Å². The van der Waals surface area contributed by atoms with Gasteiger partial charge in [-0.2, -0.15) is 4.39 Å². The summed E-state index contributed by atoms with van der Waals surface area (Å²) in [7, 11) is 1.29. The number of hydrogen-bond acceptors (Lipinski definition) is 5. The number of rotatable bonds is 3. The predicted octanol–water partition coefficient (Wildman–Crippen LogP) is 4.95. The van der Waals surface area contributed by atoms with Crippen LogP contribution >= 0.6 is 0 Å². The normalized spacial score (nSPS) is 21.0. The lowest BCUT2D eigenvalue weighted by atomic mass is 10.1. The molecule has 0 bridgehead atoms. The van der Waals surface area contributed by atoms with E-state index in [-0.39, 0.29) is 11.9 Å². The number of carbonyl (C=O) groups excluding carboxylic acids is 1. The minimum Gasteiger partial charge on any atom is -0.494 e. The zero-order chi connectivity index (χ0) is 19.8. The van der Waals surface area contributed by atoms with Crippen molar-refractivity contribution in [2.75, 3.05) is 7.11 Å². The standard InChI is InChI=1S/C13H16O4.C7H6F2O/c1-9-8-12(15-10(9)2)17-13(14)16-11-6-4-3-5-7-11;1-10-6-4-2-3-5(8)7(6)9/h3-7,9-10,12H,8H2,1-2H3;2-4H,1H3/t9-,10?,12?;/m0./s1. The number of para-hydroxylation sites is 1. The van der Waals surface area contributed by atoms with Gasteiger partial charge in [0.05, 0.1) is 13.2 Å². The van der Waals surface area contributed by atoms with Crippen LogP contribution in [0.1, 0.15) is 20.3 Å². The summed E-state index contributed by atoms with van der Waals surface area (Å²) in [5.74, 6) is -1.04. The smallest absolute Gasteiger partial charge is 0.494 e. The number of ether oxygens (including phenoxy) is 4. The average Bonchev–Trinajstić information content (AvgIpc) is 2.96. The van der Waals surface area contributed by atoms with Gasteiger partial charge in [-0.3, -0.25) is 0 Å². The minimum atomic E-state index is -0.940. The van der Waals surface area contributed by atoms with Crippen molar-refractivity contribution >= 4 is 6.16 Å². The second-order valence-electron chi connectivity index (χ2n) is 6.02. The first-order valence-electron chi connectivity index (χ1n) is 8.47. The molecule has 0 N–H and O–H groups in total. The van der Waals surface area contributed by atoms with Gasteiger partial charge in [-0.25, -0.2) is 9.18 Å². The second kappa shape index (κ2) is 9.87. The van der Waals surface area contributed by atoms with E-state index in [0.29, 0.717) is 18.1 Å². The molecule has 1 saturated heterocycles. The van der Waals surface area contributed by atoms with Gasteiger partial charge < -0.3 is 18.9 Å². The molecule has 0 saturated carbocycles. The monoisotopic (exact) mass is 380 g/mol. The van der Waals surface area contributed by atoms with Gasteiger partial charge in [-0.15, -0.1) is 0 Å². The summed E-state index contributed by atoms with van der Waals surface area (Å²) in [5.41, 5.74) is 0. The van der Waals surface area contributed by atoms with Crippen LogP contribution in [0.15, 0.2) is 48.5 Å². The molecule has 0 radical (unpaired) electrons. The predicted molar refractivity (Wildman–Crippen MR) is 94.6 cm³/mol. The first-order valence-corrected chi connectivity index (χ1v) is 8.47. The van der Waals surface area contributed by atoms with Crippen molar-refractivity contribution in [1.82, 2.24) is 0 Å². The maximum absolute atomic E-state index is 12.5. The Kier molecular flexibility index (Phi) is 7.55. The molecule has 3 atom stereocenters. The van der Waals surface area contributed by atoms with Gasteiger partial charge in [0.2, 0.25) is 12.1 Å². The van der Waals surface area contributed by atoms with E-state index in [1.165, 1.54) is 19.2 Å². The van der Waals surface area contributed by atoms with Crippen molar-refractivity contribution in [2.45, 2.75) is 32.7 Å². The van der Waals surface area contributed by atoms with Crippen molar-refractivity contribution in [3.8, 4) is 11.5 Å². The van der Waals surface area contributed by atoms with Gasteiger partial charge in [0.1, 0.15) is 5.75 Å². The topological polar surface area (TPSA) is 54.0 Å². The fourth-order valence-electron chi connectivity index (χ4n) is 2.36. The van der Waals surface area contributed by atoms with E-state index in [1.807, 2.05) is 13.0 Å². The number of carbonyl (C=O) groups is 1. The van der Waals surface area contributed by atoms with Gasteiger partial charge in [0, 0.05) is 6.42 Å². The summed E-state index contributed by atoms with van der Waals surface area (Å²) in [5, 5.41) is 0. The Bertz CT molecular complexity index is 728. The average molecular weight is 380 g/mol. The van der Waals surface area contributed by atoms with Crippen molar-refractivity contribution in [3.63, 3.8) is 0 Å². The minimum absolute atomic E-state index is 0.0694. The molecule has 3 rings (SSSR count). The molecule has 0 spiro atoms. The molecular formula is C20H22F2O5. The number of hydrogen-bond donors (Lipinski definition) is 0. The third-order valence-electron chi connectivity index (χ3n) is 4.04. The van der Waals surface area contributed by atoms with Gasteiger partial charge in [0.25, 0.3) is 0 Å².